The first kappa shape index (κ1) is 27.7. The summed E-state index contributed by atoms with van der Waals surface area (Å²) in [6.45, 7) is 2.69. The molecule has 1 fully saturated rings. The molecule has 6 rings (SSSR count). The number of aromatic nitrogens is 3. The second kappa shape index (κ2) is 11.4. The Morgan fingerprint density at radius 3 is 2.21 bits per heavy atom. The second-order valence-corrected chi connectivity index (χ2v) is 12.9. The lowest BCUT2D eigenvalue weighted by Crippen LogP contribution is -2.30. The Hall–Kier alpha value is -4.50. The summed E-state index contributed by atoms with van der Waals surface area (Å²) in [6.07, 6.45) is 0.459. The molecule has 0 bridgehead atoms. The van der Waals surface area contributed by atoms with Crippen LogP contribution in [0.4, 0.5) is 0 Å². The van der Waals surface area contributed by atoms with Crippen molar-refractivity contribution in [2.75, 3.05) is 18.6 Å². The Bertz CT molecular complexity index is 1810. The van der Waals surface area contributed by atoms with E-state index in [0.717, 1.165) is 16.7 Å². The topological polar surface area (TPSA) is 94.4 Å². The fourth-order valence-electron chi connectivity index (χ4n) is 5.61. The van der Waals surface area contributed by atoms with Crippen molar-refractivity contribution in [3.8, 4) is 17.0 Å². The molecule has 3 heterocycles. The van der Waals surface area contributed by atoms with Gasteiger partial charge in [-0.25, -0.2) is 18.1 Å². The summed E-state index contributed by atoms with van der Waals surface area (Å²) in [5.41, 5.74) is 5.04. The third-order valence-electron chi connectivity index (χ3n) is 7.71. The van der Waals surface area contributed by atoms with Crippen LogP contribution in [0, 0.1) is 6.92 Å². The van der Waals surface area contributed by atoms with E-state index in [0.29, 0.717) is 53.2 Å². The summed E-state index contributed by atoms with van der Waals surface area (Å²) in [5, 5.41) is 5.41. The van der Waals surface area contributed by atoms with Gasteiger partial charge in [-0.3, -0.25) is 4.79 Å². The number of carbonyl (C=O) groups is 1. The van der Waals surface area contributed by atoms with Gasteiger partial charge in [0, 0.05) is 18.7 Å². The maximum absolute atomic E-state index is 14.6. The Morgan fingerprint density at radius 2 is 1.62 bits per heavy atom. The number of hydrogen-bond donors (Lipinski definition) is 0. The van der Waals surface area contributed by atoms with Crippen LogP contribution in [0.25, 0.3) is 22.3 Å². The average Bonchev–Trinajstić information content (AvgIpc) is 3.55. The smallest absolute Gasteiger partial charge is 0.255 e. The second-order valence-electron chi connectivity index (χ2n) is 10.7. The molecule has 1 aliphatic rings. The van der Waals surface area contributed by atoms with Crippen LogP contribution in [0.1, 0.15) is 39.6 Å². The lowest BCUT2D eigenvalue weighted by Gasteiger charge is -2.24. The van der Waals surface area contributed by atoms with Crippen molar-refractivity contribution in [3.05, 3.63) is 113 Å². The molecule has 0 aliphatic carbocycles. The number of ether oxygens (including phenoxy) is 1. The van der Waals surface area contributed by atoms with Crippen LogP contribution in [0.3, 0.4) is 0 Å². The number of sulfone groups is 1. The van der Waals surface area contributed by atoms with Gasteiger partial charge in [0.2, 0.25) is 0 Å². The van der Waals surface area contributed by atoms with Crippen LogP contribution >= 0.6 is 0 Å². The highest BCUT2D eigenvalue weighted by Gasteiger charge is 2.33. The molecule has 0 N–H and O–H groups in total. The minimum atomic E-state index is -3.16. The van der Waals surface area contributed by atoms with E-state index in [-0.39, 0.29) is 23.5 Å². The third-order valence-corrected chi connectivity index (χ3v) is 9.46. The quantitative estimate of drug-likeness (QED) is 0.237. The number of nitrogens with zero attached hydrogens (tertiary/aromatic N) is 4. The lowest BCUT2D eigenvalue weighted by molar-refractivity contribution is 0.0732. The van der Waals surface area contributed by atoms with E-state index in [9.17, 15) is 13.2 Å². The first-order chi connectivity index (χ1) is 20.3. The van der Waals surface area contributed by atoms with Crippen molar-refractivity contribution in [3.63, 3.8) is 0 Å². The largest absolute Gasteiger partial charge is 0.497 e. The molecular formula is C33H32N4O4S. The fourth-order valence-corrected chi connectivity index (χ4v) is 7.30. The summed E-state index contributed by atoms with van der Waals surface area (Å²) in [6, 6.07) is 28.9. The van der Waals surface area contributed by atoms with Crippen LogP contribution < -0.4 is 4.74 Å². The number of rotatable bonds is 8. The number of benzene rings is 3. The van der Waals surface area contributed by atoms with Gasteiger partial charge >= 0.3 is 0 Å². The average molecular weight is 581 g/mol. The molecule has 9 heteroatoms. The van der Waals surface area contributed by atoms with Gasteiger partial charge in [0.1, 0.15) is 5.75 Å². The van der Waals surface area contributed by atoms with Gasteiger partial charge in [-0.05, 0) is 42.7 Å². The third kappa shape index (κ3) is 5.65. The monoisotopic (exact) mass is 580 g/mol. The Kier molecular flexibility index (Phi) is 7.51. The molecule has 0 spiro atoms. The van der Waals surface area contributed by atoms with Gasteiger partial charge in [0.25, 0.3) is 5.91 Å². The molecule has 0 radical (unpaired) electrons. The fraction of sp³-hybridized carbons (Fsp3) is 0.242. The molecule has 1 saturated heterocycles. The number of methoxy groups -OCH3 is 1. The number of hydrogen-bond acceptors (Lipinski definition) is 6. The van der Waals surface area contributed by atoms with Crippen LogP contribution in [-0.2, 0) is 22.9 Å². The molecule has 8 nitrogen and oxygen atoms in total. The van der Waals surface area contributed by atoms with Crippen LogP contribution in [0.5, 0.6) is 5.75 Å². The van der Waals surface area contributed by atoms with Gasteiger partial charge in [0.15, 0.2) is 15.5 Å². The Morgan fingerprint density at radius 1 is 0.952 bits per heavy atom. The maximum atomic E-state index is 14.6. The summed E-state index contributed by atoms with van der Waals surface area (Å²) >= 11 is 0. The number of carbonyl (C=O) groups excluding carboxylic acids is 1. The van der Waals surface area contributed by atoms with Gasteiger partial charge < -0.3 is 9.64 Å². The van der Waals surface area contributed by atoms with Crippen LogP contribution in [0.2, 0.25) is 0 Å². The van der Waals surface area contributed by atoms with Crippen molar-refractivity contribution in [1.82, 2.24) is 19.7 Å². The molecule has 214 valence electrons. The van der Waals surface area contributed by atoms with Crippen molar-refractivity contribution >= 4 is 26.8 Å². The molecule has 1 amide bonds. The number of aryl methyl sites for hydroxylation is 1. The minimum absolute atomic E-state index is 0.00566. The van der Waals surface area contributed by atoms with E-state index in [1.54, 1.807) is 11.8 Å². The standard InChI is InChI=1S/C33H32N4O4S/c1-23-31-29(33(38)36(20-24-10-5-3-6-11-24)21-25-12-7-4-8-13-25)19-30(26-14-9-15-28(18-26)41-2)34-32(31)37(35-23)27-16-17-42(39,40)22-27/h3-15,18-19,27H,16-17,20-22H2,1-2H3. The van der Waals surface area contributed by atoms with E-state index in [2.05, 4.69) is 0 Å². The zero-order valence-corrected chi connectivity index (χ0v) is 24.4. The Balaban J connectivity index is 1.52. The molecular weight excluding hydrogens is 548 g/mol. The van der Waals surface area contributed by atoms with Crippen molar-refractivity contribution in [1.29, 1.82) is 0 Å². The highest BCUT2D eigenvalue weighted by atomic mass is 32.2. The molecule has 2 aromatic heterocycles. The van der Waals surface area contributed by atoms with Crippen molar-refractivity contribution < 1.29 is 17.9 Å². The zero-order chi connectivity index (χ0) is 29.3. The highest BCUT2D eigenvalue weighted by Crippen LogP contribution is 2.33. The van der Waals surface area contributed by atoms with Crippen LogP contribution in [-0.4, -0.2) is 52.6 Å². The minimum Gasteiger partial charge on any atom is -0.497 e. The summed E-state index contributed by atoms with van der Waals surface area (Å²) in [7, 11) is -1.56. The first-order valence-electron chi connectivity index (χ1n) is 13.9. The molecule has 0 saturated carbocycles. The zero-order valence-electron chi connectivity index (χ0n) is 23.6. The van der Waals surface area contributed by atoms with Gasteiger partial charge in [-0.1, -0.05) is 72.8 Å². The van der Waals surface area contributed by atoms with E-state index in [4.69, 9.17) is 14.8 Å². The van der Waals surface area contributed by atoms with E-state index in [1.807, 2.05) is 103 Å². The van der Waals surface area contributed by atoms with Crippen molar-refractivity contribution in [2.45, 2.75) is 32.5 Å². The highest BCUT2D eigenvalue weighted by molar-refractivity contribution is 7.91. The summed E-state index contributed by atoms with van der Waals surface area (Å²) in [4.78, 5) is 21.4. The molecule has 1 unspecified atom stereocenters. The van der Waals surface area contributed by atoms with Gasteiger partial charge in [-0.2, -0.15) is 5.10 Å². The summed E-state index contributed by atoms with van der Waals surface area (Å²) < 4.78 is 32.0. The van der Waals surface area contributed by atoms with Crippen LogP contribution in [0.15, 0.2) is 91.0 Å². The molecule has 1 atom stereocenters. The predicted molar refractivity (Wildman–Crippen MR) is 163 cm³/mol. The first-order valence-corrected chi connectivity index (χ1v) is 15.8. The normalized spacial score (nSPS) is 16.0. The molecule has 5 aromatic rings. The molecule has 42 heavy (non-hydrogen) atoms. The van der Waals surface area contributed by atoms with E-state index < -0.39 is 9.84 Å². The number of pyridine rings is 1. The number of fused-ring (bicyclic) bond motifs is 1. The number of amides is 1. The Labute approximate surface area is 245 Å². The summed E-state index contributed by atoms with van der Waals surface area (Å²) in [5.74, 6) is 0.636. The SMILES string of the molecule is COc1cccc(-c2cc(C(=O)N(Cc3ccccc3)Cc3ccccc3)c3c(C)nn(C4CCS(=O)(=O)C4)c3n2)c1. The van der Waals surface area contributed by atoms with Gasteiger partial charge in [-0.15, -0.1) is 0 Å². The maximum Gasteiger partial charge on any atom is 0.255 e. The van der Waals surface area contributed by atoms with Crippen molar-refractivity contribution in [2.24, 2.45) is 0 Å². The molecule has 3 aromatic carbocycles. The van der Waals surface area contributed by atoms with E-state index >= 15 is 0 Å². The molecule has 1 aliphatic heterocycles. The lowest BCUT2D eigenvalue weighted by atomic mass is 10.0. The van der Waals surface area contributed by atoms with E-state index in [1.165, 1.54) is 0 Å². The predicted octanol–water partition coefficient (Wildman–Crippen LogP) is 5.62. The van der Waals surface area contributed by atoms with Gasteiger partial charge in [0.05, 0.1) is 47.0 Å².